The Hall–Kier alpha value is -0.590. The third-order valence-electron chi connectivity index (χ3n) is 3.55. The lowest BCUT2D eigenvalue weighted by molar-refractivity contribution is -0.116. The molecule has 0 radical (unpaired) electrons. The van der Waals surface area contributed by atoms with Gasteiger partial charge in [-0.3, -0.25) is 4.79 Å². The summed E-state index contributed by atoms with van der Waals surface area (Å²) in [6, 6.07) is 0. The Kier molecular flexibility index (Phi) is 1.14. The zero-order chi connectivity index (χ0) is 8.22. The van der Waals surface area contributed by atoms with Crippen LogP contribution in [0.25, 0.3) is 0 Å². The average Bonchev–Trinajstić information content (AvgIpc) is 2.39. The lowest BCUT2D eigenvalue weighted by atomic mass is 9.95. The smallest absolute Gasteiger partial charge is 0.158 e. The molecule has 0 saturated heterocycles. The Balaban J connectivity index is 2.18. The van der Waals surface area contributed by atoms with Crippen LogP contribution < -0.4 is 0 Å². The van der Waals surface area contributed by atoms with Crippen LogP contribution in [0.2, 0.25) is 0 Å². The highest BCUT2D eigenvalue weighted by molar-refractivity contribution is 5.96. The number of fused-ring (bicyclic) bond motifs is 1. The van der Waals surface area contributed by atoms with Crippen molar-refractivity contribution in [3.8, 4) is 0 Å². The number of hydrogen-bond acceptors (Lipinski definition) is 1. The van der Waals surface area contributed by atoms with Gasteiger partial charge in [0.05, 0.1) is 0 Å². The van der Waals surface area contributed by atoms with Crippen LogP contribution in [-0.4, -0.2) is 5.78 Å². The first-order chi connectivity index (χ1) is 5.03. The van der Waals surface area contributed by atoms with Gasteiger partial charge >= 0.3 is 0 Å². The summed E-state index contributed by atoms with van der Waals surface area (Å²) in [5.74, 6) is 1.73. The summed E-state index contributed by atoms with van der Waals surface area (Å²) >= 11 is 0. The third-order valence-corrected chi connectivity index (χ3v) is 3.55. The number of hydrogen-bond donors (Lipinski definition) is 0. The fourth-order valence-electron chi connectivity index (χ4n) is 2.39. The molecule has 0 spiro atoms. The zero-order valence-electron chi connectivity index (χ0n) is 7.18. The molecule has 2 aliphatic rings. The van der Waals surface area contributed by atoms with E-state index in [9.17, 15) is 4.79 Å². The van der Waals surface area contributed by atoms with Crippen LogP contribution in [0.3, 0.4) is 0 Å². The molecular weight excluding hydrogens is 136 g/mol. The first-order valence-electron chi connectivity index (χ1n) is 4.24. The van der Waals surface area contributed by atoms with Crippen molar-refractivity contribution in [1.82, 2.24) is 0 Å². The molecule has 2 fully saturated rings. The van der Waals surface area contributed by atoms with E-state index in [1.807, 2.05) is 0 Å². The molecule has 0 heterocycles. The molecule has 0 aliphatic heterocycles. The van der Waals surface area contributed by atoms with E-state index in [0.717, 1.165) is 24.3 Å². The minimum atomic E-state index is 0.303. The molecule has 0 aromatic rings. The molecule has 2 atom stereocenters. The van der Waals surface area contributed by atoms with Gasteiger partial charge in [0, 0.05) is 6.42 Å². The highest BCUT2D eigenvalue weighted by Crippen LogP contribution is 2.64. The second-order valence-electron chi connectivity index (χ2n) is 4.47. The van der Waals surface area contributed by atoms with Crippen LogP contribution >= 0.6 is 0 Å². The molecular formula is C10H14O. The molecule has 0 amide bonds. The number of Topliss-reactive ketones (excluding diaryl/α,β-unsaturated/α-hetero) is 1. The van der Waals surface area contributed by atoms with Crippen LogP contribution in [0.1, 0.15) is 26.7 Å². The largest absolute Gasteiger partial charge is 0.295 e. The van der Waals surface area contributed by atoms with Crippen molar-refractivity contribution in [3.05, 3.63) is 12.2 Å². The van der Waals surface area contributed by atoms with E-state index >= 15 is 0 Å². The summed E-state index contributed by atoms with van der Waals surface area (Å²) in [5.41, 5.74) is 1.28. The summed E-state index contributed by atoms with van der Waals surface area (Å²) in [4.78, 5) is 11.2. The minimum absolute atomic E-state index is 0.303. The highest BCUT2D eigenvalue weighted by atomic mass is 16.1. The van der Waals surface area contributed by atoms with E-state index < -0.39 is 0 Å². The van der Waals surface area contributed by atoms with Crippen molar-refractivity contribution < 1.29 is 4.79 Å². The molecule has 0 N–H and O–H groups in total. The predicted molar refractivity (Wildman–Crippen MR) is 44.1 cm³/mol. The molecule has 0 aromatic carbocycles. The van der Waals surface area contributed by atoms with Crippen LogP contribution in [0, 0.1) is 17.3 Å². The van der Waals surface area contributed by atoms with Gasteiger partial charge in [0.15, 0.2) is 5.78 Å². The maximum absolute atomic E-state index is 11.2. The van der Waals surface area contributed by atoms with Crippen LogP contribution in [0.5, 0.6) is 0 Å². The molecule has 2 rings (SSSR count). The third kappa shape index (κ3) is 0.800. The molecule has 60 valence electrons. The maximum Gasteiger partial charge on any atom is 0.158 e. The maximum atomic E-state index is 11.2. The van der Waals surface area contributed by atoms with Crippen LogP contribution in [0.4, 0.5) is 0 Å². The van der Waals surface area contributed by atoms with E-state index in [2.05, 4.69) is 20.4 Å². The van der Waals surface area contributed by atoms with Gasteiger partial charge < -0.3 is 0 Å². The van der Waals surface area contributed by atoms with Crippen LogP contribution in [0.15, 0.2) is 12.2 Å². The van der Waals surface area contributed by atoms with Gasteiger partial charge in [-0.15, -0.1) is 0 Å². The van der Waals surface area contributed by atoms with Crippen molar-refractivity contribution in [1.29, 1.82) is 0 Å². The van der Waals surface area contributed by atoms with Crippen LogP contribution in [-0.2, 0) is 4.79 Å². The monoisotopic (exact) mass is 150 g/mol. The molecule has 0 bridgehead atoms. The molecule has 1 heteroatoms. The SMILES string of the molecule is C=C1CC2C(CC1=O)C2(C)C. The van der Waals surface area contributed by atoms with Crippen molar-refractivity contribution in [2.45, 2.75) is 26.7 Å². The van der Waals surface area contributed by atoms with Crippen molar-refractivity contribution in [2.75, 3.05) is 0 Å². The van der Waals surface area contributed by atoms with E-state index in [1.165, 1.54) is 0 Å². The van der Waals surface area contributed by atoms with Crippen molar-refractivity contribution in [3.63, 3.8) is 0 Å². The van der Waals surface area contributed by atoms with Gasteiger partial charge in [-0.1, -0.05) is 20.4 Å². The molecule has 2 unspecified atom stereocenters. The van der Waals surface area contributed by atoms with Gasteiger partial charge in [-0.05, 0) is 29.2 Å². The summed E-state index contributed by atoms with van der Waals surface area (Å²) in [6.45, 7) is 8.30. The quantitative estimate of drug-likeness (QED) is 0.484. The van der Waals surface area contributed by atoms with Crippen molar-refractivity contribution >= 4 is 5.78 Å². The lowest BCUT2D eigenvalue weighted by Crippen LogP contribution is -2.09. The number of carbonyl (C=O) groups excluding carboxylic acids is 1. The fourth-order valence-corrected chi connectivity index (χ4v) is 2.39. The Morgan fingerprint density at radius 1 is 1.36 bits per heavy atom. The average molecular weight is 150 g/mol. The fraction of sp³-hybridized carbons (Fsp3) is 0.700. The predicted octanol–water partition coefficient (Wildman–Crippen LogP) is 2.18. The second-order valence-corrected chi connectivity index (χ2v) is 4.47. The summed E-state index contributed by atoms with van der Waals surface area (Å²) in [6.07, 6.45) is 1.72. The number of ketones is 1. The Morgan fingerprint density at radius 2 is 1.91 bits per heavy atom. The number of rotatable bonds is 0. The van der Waals surface area contributed by atoms with E-state index in [1.54, 1.807) is 0 Å². The zero-order valence-corrected chi connectivity index (χ0v) is 7.18. The van der Waals surface area contributed by atoms with Gasteiger partial charge in [-0.25, -0.2) is 0 Å². The first-order valence-corrected chi connectivity index (χ1v) is 4.24. The van der Waals surface area contributed by atoms with E-state index in [0.29, 0.717) is 17.1 Å². The van der Waals surface area contributed by atoms with Gasteiger partial charge in [-0.2, -0.15) is 0 Å². The normalized spacial score (nSPS) is 40.2. The lowest BCUT2D eigenvalue weighted by Gasteiger charge is -2.08. The standard InChI is InChI=1S/C10H14O/c1-6-4-7-8(5-9(6)11)10(7,2)3/h7-8H,1,4-5H2,2-3H3. The molecule has 11 heavy (non-hydrogen) atoms. The molecule has 1 nitrogen and oxygen atoms in total. The molecule has 0 aromatic heterocycles. The van der Waals surface area contributed by atoms with Crippen molar-refractivity contribution in [2.24, 2.45) is 17.3 Å². The Labute approximate surface area is 67.5 Å². The second kappa shape index (κ2) is 1.77. The first kappa shape index (κ1) is 7.08. The van der Waals surface area contributed by atoms with E-state index in [4.69, 9.17) is 0 Å². The van der Waals surface area contributed by atoms with E-state index in [-0.39, 0.29) is 0 Å². The highest BCUT2D eigenvalue weighted by Gasteiger charge is 2.59. The number of allylic oxidation sites excluding steroid dienone is 1. The van der Waals surface area contributed by atoms with Gasteiger partial charge in [0.2, 0.25) is 0 Å². The molecule has 2 saturated carbocycles. The summed E-state index contributed by atoms with van der Waals surface area (Å²) < 4.78 is 0. The Bertz CT molecular complexity index is 213. The number of carbonyl (C=O) groups is 1. The topological polar surface area (TPSA) is 17.1 Å². The Morgan fingerprint density at radius 3 is 2.45 bits per heavy atom. The summed E-state index contributed by atoms with van der Waals surface area (Å²) in [5, 5.41) is 0. The minimum Gasteiger partial charge on any atom is -0.295 e. The summed E-state index contributed by atoms with van der Waals surface area (Å²) in [7, 11) is 0. The molecule has 2 aliphatic carbocycles. The van der Waals surface area contributed by atoms with Gasteiger partial charge in [0.25, 0.3) is 0 Å². The van der Waals surface area contributed by atoms with Gasteiger partial charge in [0.1, 0.15) is 0 Å².